The van der Waals surface area contributed by atoms with Gasteiger partial charge in [0.15, 0.2) is 0 Å². The van der Waals surface area contributed by atoms with Gasteiger partial charge in [-0.1, -0.05) is 6.08 Å². The van der Waals surface area contributed by atoms with Crippen molar-refractivity contribution in [1.29, 1.82) is 0 Å². The highest BCUT2D eigenvalue weighted by Crippen LogP contribution is 2.10. The van der Waals surface area contributed by atoms with Crippen molar-refractivity contribution in [2.24, 2.45) is 5.73 Å². The minimum Gasteiger partial charge on any atom is -0.385 e. The van der Waals surface area contributed by atoms with E-state index in [0.717, 1.165) is 6.54 Å². The molecule has 0 aromatic rings. The fraction of sp³-hybridized carbons (Fsp3) is 0.375. The van der Waals surface area contributed by atoms with E-state index in [1.165, 1.54) is 0 Å². The monoisotopic (exact) mass is 167 g/mol. The largest absolute Gasteiger partial charge is 0.385 e. The summed E-state index contributed by atoms with van der Waals surface area (Å²) in [6.45, 7) is 0.756. The molecular weight excluding hydrogens is 154 g/mol. The summed E-state index contributed by atoms with van der Waals surface area (Å²) in [7, 11) is 3.44. The van der Waals surface area contributed by atoms with E-state index >= 15 is 0 Å². The van der Waals surface area contributed by atoms with Crippen molar-refractivity contribution >= 4 is 5.91 Å². The fourth-order valence-corrected chi connectivity index (χ4v) is 1.04. The standard InChI is InChI=1S/C8H13N3O/c1-10-8(12)6-4-3-5-11(2)7(6)9/h3-4H,5,9H2,1-2H3,(H,10,12). The molecule has 0 radical (unpaired) electrons. The van der Waals surface area contributed by atoms with E-state index in [0.29, 0.717) is 11.4 Å². The van der Waals surface area contributed by atoms with Crippen LogP contribution in [-0.2, 0) is 4.79 Å². The smallest absolute Gasteiger partial charge is 0.254 e. The predicted molar refractivity (Wildman–Crippen MR) is 47.1 cm³/mol. The maximum absolute atomic E-state index is 11.2. The number of hydrogen-bond acceptors (Lipinski definition) is 3. The highest BCUT2D eigenvalue weighted by Gasteiger charge is 2.14. The molecule has 66 valence electrons. The molecule has 1 aliphatic heterocycles. The highest BCUT2D eigenvalue weighted by molar-refractivity contribution is 5.96. The van der Waals surface area contributed by atoms with Gasteiger partial charge >= 0.3 is 0 Å². The van der Waals surface area contributed by atoms with Crippen molar-refractivity contribution in [3.63, 3.8) is 0 Å². The minimum atomic E-state index is -0.143. The van der Waals surface area contributed by atoms with Gasteiger partial charge in [0.2, 0.25) is 0 Å². The first-order valence-corrected chi connectivity index (χ1v) is 3.76. The molecule has 0 bridgehead atoms. The van der Waals surface area contributed by atoms with Crippen molar-refractivity contribution in [2.45, 2.75) is 0 Å². The zero-order chi connectivity index (χ0) is 9.14. The molecule has 0 aromatic carbocycles. The zero-order valence-corrected chi connectivity index (χ0v) is 7.29. The number of hydrogen-bond donors (Lipinski definition) is 2. The van der Waals surface area contributed by atoms with Gasteiger partial charge in [-0.25, -0.2) is 0 Å². The molecule has 0 aliphatic carbocycles. The number of amides is 1. The molecule has 0 fully saturated rings. The van der Waals surface area contributed by atoms with Gasteiger partial charge < -0.3 is 16.0 Å². The van der Waals surface area contributed by atoms with Crippen LogP contribution in [0.3, 0.4) is 0 Å². The first kappa shape index (κ1) is 8.64. The third-order valence-corrected chi connectivity index (χ3v) is 1.82. The Balaban J connectivity index is 2.93. The van der Waals surface area contributed by atoms with Crippen molar-refractivity contribution in [2.75, 3.05) is 20.6 Å². The number of likely N-dealkylation sites (N-methyl/N-ethyl adjacent to an activating group) is 2. The van der Waals surface area contributed by atoms with Crippen LogP contribution in [0.1, 0.15) is 0 Å². The second kappa shape index (κ2) is 3.30. The van der Waals surface area contributed by atoms with E-state index in [-0.39, 0.29) is 5.91 Å². The molecular formula is C8H13N3O. The van der Waals surface area contributed by atoms with Crippen LogP contribution < -0.4 is 11.1 Å². The van der Waals surface area contributed by atoms with Crippen LogP contribution in [0.4, 0.5) is 0 Å². The molecule has 0 atom stereocenters. The third kappa shape index (κ3) is 1.42. The van der Waals surface area contributed by atoms with E-state index in [2.05, 4.69) is 5.32 Å². The number of carbonyl (C=O) groups is 1. The predicted octanol–water partition coefficient (Wildman–Crippen LogP) is -0.596. The Labute approximate surface area is 71.7 Å². The van der Waals surface area contributed by atoms with Crippen molar-refractivity contribution in [3.05, 3.63) is 23.5 Å². The summed E-state index contributed by atoms with van der Waals surface area (Å²) in [6.07, 6.45) is 3.65. The van der Waals surface area contributed by atoms with Gasteiger partial charge in [-0.15, -0.1) is 0 Å². The Kier molecular flexibility index (Phi) is 2.38. The molecule has 0 aromatic heterocycles. The highest BCUT2D eigenvalue weighted by atomic mass is 16.1. The first-order chi connectivity index (χ1) is 5.66. The lowest BCUT2D eigenvalue weighted by Crippen LogP contribution is -2.32. The molecule has 1 heterocycles. The topological polar surface area (TPSA) is 58.4 Å². The average molecular weight is 167 g/mol. The van der Waals surface area contributed by atoms with Crippen LogP contribution in [0.5, 0.6) is 0 Å². The molecule has 4 nitrogen and oxygen atoms in total. The molecule has 0 saturated carbocycles. The summed E-state index contributed by atoms with van der Waals surface area (Å²) in [4.78, 5) is 13.0. The van der Waals surface area contributed by atoms with Crippen LogP contribution in [-0.4, -0.2) is 31.4 Å². The van der Waals surface area contributed by atoms with E-state index < -0.39 is 0 Å². The maximum Gasteiger partial charge on any atom is 0.254 e. The minimum absolute atomic E-state index is 0.143. The Bertz CT molecular complexity index is 255. The SMILES string of the molecule is CNC(=O)C1=C(N)N(C)CC=C1. The number of nitrogens with two attached hydrogens (primary N) is 1. The molecule has 4 heteroatoms. The molecule has 12 heavy (non-hydrogen) atoms. The van der Waals surface area contributed by atoms with Crippen LogP contribution in [0.15, 0.2) is 23.5 Å². The number of nitrogens with zero attached hydrogens (tertiary/aromatic N) is 1. The van der Waals surface area contributed by atoms with Crippen molar-refractivity contribution in [1.82, 2.24) is 10.2 Å². The summed E-state index contributed by atoms with van der Waals surface area (Å²) in [5.41, 5.74) is 6.23. The van der Waals surface area contributed by atoms with E-state index in [4.69, 9.17) is 5.73 Å². The molecule has 0 saturated heterocycles. The third-order valence-electron chi connectivity index (χ3n) is 1.82. The Morgan fingerprint density at radius 3 is 3.00 bits per heavy atom. The van der Waals surface area contributed by atoms with Gasteiger partial charge in [-0.3, -0.25) is 4.79 Å². The number of carbonyl (C=O) groups excluding carboxylic acids is 1. The lowest BCUT2D eigenvalue weighted by molar-refractivity contribution is -0.116. The Morgan fingerprint density at radius 2 is 2.42 bits per heavy atom. The molecule has 1 aliphatic rings. The van der Waals surface area contributed by atoms with Gasteiger partial charge in [0.05, 0.1) is 5.57 Å². The van der Waals surface area contributed by atoms with Crippen LogP contribution in [0.25, 0.3) is 0 Å². The van der Waals surface area contributed by atoms with Gasteiger partial charge in [-0.2, -0.15) is 0 Å². The molecule has 0 spiro atoms. The second-order valence-electron chi connectivity index (χ2n) is 2.66. The normalized spacial score (nSPS) is 16.7. The quantitative estimate of drug-likeness (QED) is 0.548. The van der Waals surface area contributed by atoms with Gasteiger partial charge in [0, 0.05) is 20.6 Å². The van der Waals surface area contributed by atoms with Crippen LogP contribution in [0, 0.1) is 0 Å². The Morgan fingerprint density at radius 1 is 1.75 bits per heavy atom. The summed E-state index contributed by atoms with van der Waals surface area (Å²) in [5, 5.41) is 2.53. The molecule has 1 amide bonds. The first-order valence-electron chi connectivity index (χ1n) is 3.76. The number of rotatable bonds is 1. The molecule has 1 rings (SSSR count). The second-order valence-corrected chi connectivity index (χ2v) is 2.66. The van der Waals surface area contributed by atoms with E-state index in [1.54, 1.807) is 13.1 Å². The summed E-state index contributed by atoms with van der Waals surface area (Å²) in [5.74, 6) is 0.382. The van der Waals surface area contributed by atoms with Gasteiger partial charge in [0.1, 0.15) is 5.82 Å². The van der Waals surface area contributed by atoms with Crippen LogP contribution >= 0.6 is 0 Å². The van der Waals surface area contributed by atoms with E-state index in [1.807, 2.05) is 18.0 Å². The lowest BCUT2D eigenvalue weighted by Gasteiger charge is -2.22. The molecule has 0 unspecified atom stereocenters. The summed E-state index contributed by atoms with van der Waals surface area (Å²) in [6, 6.07) is 0. The average Bonchev–Trinajstić information content (AvgIpc) is 2.08. The summed E-state index contributed by atoms with van der Waals surface area (Å²) >= 11 is 0. The van der Waals surface area contributed by atoms with Gasteiger partial charge in [0.25, 0.3) is 5.91 Å². The van der Waals surface area contributed by atoms with Gasteiger partial charge in [-0.05, 0) is 6.08 Å². The van der Waals surface area contributed by atoms with Crippen LogP contribution in [0.2, 0.25) is 0 Å². The maximum atomic E-state index is 11.2. The van der Waals surface area contributed by atoms with Crippen molar-refractivity contribution < 1.29 is 4.79 Å². The zero-order valence-electron chi connectivity index (χ0n) is 7.29. The summed E-state index contributed by atoms with van der Waals surface area (Å²) < 4.78 is 0. The van der Waals surface area contributed by atoms with Crippen molar-refractivity contribution in [3.8, 4) is 0 Å². The molecule has 3 N–H and O–H groups in total. The fourth-order valence-electron chi connectivity index (χ4n) is 1.04. The lowest BCUT2D eigenvalue weighted by atomic mass is 10.1. The Hall–Kier alpha value is -1.45. The number of nitrogens with one attached hydrogen (secondary N) is 1. The van der Waals surface area contributed by atoms with E-state index in [9.17, 15) is 4.79 Å².